The van der Waals surface area contributed by atoms with Crippen LogP contribution in [0.4, 0.5) is 17.6 Å². The summed E-state index contributed by atoms with van der Waals surface area (Å²) in [6.45, 7) is 0. The molecular formula is C21H16F4S. The van der Waals surface area contributed by atoms with Gasteiger partial charge in [0.25, 0.3) is 0 Å². The second-order valence-corrected chi connectivity index (χ2v) is 7.78. The van der Waals surface area contributed by atoms with Crippen molar-refractivity contribution >= 4 is 11.3 Å². The van der Waals surface area contributed by atoms with Gasteiger partial charge in [-0.3, -0.25) is 0 Å². The van der Waals surface area contributed by atoms with E-state index in [9.17, 15) is 17.6 Å². The third-order valence-corrected chi connectivity index (χ3v) is 5.79. The maximum absolute atomic E-state index is 14.5. The summed E-state index contributed by atoms with van der Waals surface area (Å²) < 4.78 is 52.7. The molecule has 2 aromatic carbocycles. The van der Waals surface area contributed by atoms with Crippen LogP contribution in [-0.4, -0.2) is 0 Å². The first kappa shape index (κ1) is 17.3. The summed E-state index contributed by atoms with van der Waals surface area (Å²) in [7, 11) is 0. The van der Waals surface area contributed by atoms with E-state index < -0.39 is 16.9 Å². The highest BCUT2D eigenvalue weighted by atomic mass is 32.1. The van der Waals surface area contributed by atoms with E-state index in [4.69, 9.17) is 0 Å². The molecular weight excluding hydrogens is 360 g/mol. The summed E-state index contributed by atoms with van der Waals surface area (Å²) >= 11 is 0.557. The van der Waals surface area contributed by atoms with Gasteiger partial charge in [0.15, 0.2) is 0 Å². The summed E-state index contributed by atoms with van der Waals surface area (Å²) in [5.74, 6) is 0.296. The molecule has 0 nitrogen and oxygen atoms in total. The number of hydrogen-bond acceptors (Lipinski definition) is 1. The smallest absolute Gasteiger partial charge is 0.206 e. The van der Waals surface area contributed by atoms with Crippen molar-refractivity contribution in [3.8, 4) is 21.6 Å². The van der Waals surface area contributed by atoms with Gasteiger partial charge in [-0.25, -0.2) is 4.39 Å². The van der Waals surface area contributed by atoms with E-state index in [-0.39, 0.29) is 10.4 Å². The molecule has 0 amide bonds. The van der Waals surface area contributed by atoms with Crippen molar-refractivity contribution in [2.75, 3.05) is 0 Å². The normalized spacial score (nSPS) is 14.6. The SMILES string of the molecule is Fc1cc(-c2ccc(CC3CC3)cc2)ccc1-c1ccc(C(F)(F)F)s1. The van der Waals surface area contributed by atoms with Crippen molar-refractivity contribution in [2.24, 2.45) is 5.92 Å². The average molecular weight is 376 g/mol. The van der Waals surface area contributed by atoms with E-state index in [0.717, 1.165) is 29.5 Å². The second-order valence-electron chi connectivity index (χ2n) is 6.70. The third-order valence-electron chi connectivity index (χ3n) is 4.63. The van der Waals surface area contributed by atoms with Gasteiger partial charge in [0.1, 0.15) is 10.7 Å². The lowest BCUT2D eigenvalue weighted by Gasteiger charge is -2.07. The molecule has 1 aliphatic rings. The molecule has 0 radical (unpaired) electrons. The second kappa shape index (κ2) is 6.54. The van der Waals surface area contributed by atoms with E-state index in [0.29, 0.717) is 11.3 Å². The van der Waals surface area contributed by atoms with Gasteiger partial charge in [0.05, 0.1) is 0 Å². The molecule has 0 atom stereocenters. The van der Waals surface area contributed by atoms with Crippen LogP contribution in [0.1, 0.15) is 23.3 Å². The quantitative estimate of drug-likeness (QED) is 0.423. The number of hydrogen-bond donors (Lipinski definition) is 0. The van der Waals surface area contributed by atoms with Crippen LogP contribution < -0.4 is 0 Å². The van der Waals surface area contributed by atoms with E-state index in [2.05, 4.69) is 12.1 Å². The Kier molecular flexibility index (Phi) is 4.35. The molecule has 1 saturated carbocycles. The lowest BCUT2D eigenvalue weighted by atomic mass is 10.00. The van der Waals surface area contributed by atoms with Gasteiger partial charge >= 0.3 is 6.18 Å². The fourth-order valence-corrected chi connectivity index (χ4v) is 3.92. The minimum Gasteiger partial charge on any atom is -0.206 e. The number of halogens is 4. The number of benzene rings is 2. The van der Waals surface area contributed by atoms with Crippen LogP contribution in [0.2, 0.25) is 0 Å². The molecule has 0 bridgehead atoms. The minimum absolute atomic E-state index is 0.194. The van der Waals surface area contributed by atoms with Crippen molar-refractivity contribution in [1.29, 1.82) is 0 Å². The van der Waals surface area contributed by atoms with Gasteiger partial charge in [-0.1, -0.05) is 30.3 Å². The third kappa shape index (κ3) is 3.68. The van der Waals surface area contributed by atoms with Gasteiger partial charge in [0, 0.05) is 10.4 Å². The zero-order chi connectivity index (χ0) is 18.3. The van der Waals surface area contributed by atoms with Crippen molar-refractivity contribution in [1.82, 2.24) is 0 Å². The summed E-state index contributed by atoms with van der Waals surface area (Å²) in [5, 5.41) is 0. The van der Waals surface area contributed by atoms with E-state index in [1.54, 1.807) is 12.1 Å². The fourth-order valence-electron chi connectivity index (χ4n) is 3.02. The molecule has 4 rings (SSSR count). The van der Waals surface area contributed by atoms with Gasteiger partial charge in [-0.05, 0) is 66.1 Å². The van der Waals surface area contributed by atoms with Gasteiger partial charge in [-0.2, -0.15) is 13.2 Å². The van der Waals surface area contributed by atoms with Crippen molar-refractivity contribution in [2.45, 2.75) is 25.4 Å². The molecule has 3 aromatic rings. The molecule has 1 fully saturated rings. The molecule has 0 saturated heterocycles. The molecule has 0 aliphatic heterocycles. The van der Waals surface area contributed by atoms with Crippen molar-refractivity contribution in [3.05, 3.63) is 70.9 Å². The van der Waals surface area contributed by atoms with E-state index >= 15 is 0 Å². The monoisotopic (exact) mass is 376 g/mol. The summed E-state index contributed by atoms with van der Waals surface area (Å²) in [4.78, 5) is -0.441. The Hall–Kier alpha value is -2.14. The van der Waals surface area contributed by atoms with E-state index in [1.165, 1.54) is 30.5 Å². The molecule has 134 valence electrons. The van der Waals surface area contributed by atoms with E-state index in [1.807, 2.05) is 12.1 Å². The first-order valence-corrected chi connectivity index (χ1v) is 9.28. The zero-order valence-corrected chi connectivity index (χ0v) is 14.6. The van der Waals surface area contributed by atoms with Crippen LogP contribution in [0.15, 0.2) is 54.6 Å². The highest BCUT2D eigenvalue weighted by Crippen LogP contribution is 2.39. The van der Waals surface area contributed by atoms with Crippen LogP contribution >= 0.6 is 11.3 Å². The minimum atomic E-state index is -4.40. The molecule has 1 aliphatic carbocycles. The lowest BCUT2D eigenvalue weighted by Crippen LogP contribution is -2.00. The molecule has 1 aromatic heterocycles. The maximum Gasteiger partial charge on any atom is 0.425 e. The zero-order valence-electron chi connectivity index (χ0n) is 13.8. The predicted molar refractivity (Wildman–Crippen MR) is 96.6 cm³/mol. The van der Waals surface area contributed by atoms with Crippen LogP contribution in [0.3, 0.4) is 0 Å². The number of rotatable bonds is 4. The first-order valence-electron chi connectivity index (χ1n) is 8.46. The molecule has 26 heavy (non-hydrogen) atoms. The molecule has 0 unspecified atom stereocenters. The van der Waals surface area contributed by atoms with Crippen LogP contribution in [0, 0.1) is 11.7 Å². The van der Waals surface area contributed by atoms with Crippen LogP contribution in [0.5, 0.6) is 0 Å². The Morgan fingerprint density at radius 2 is 1.58 bits per heavy atom. The average Bonchev–Trinajstić information content (AvgIpc) is 3.26. The Labute approximate surface area is 153 Å². The maximum atomic E-state index is 14.5. The van der Waals surface area contributed by atoms with Crippen molar-refractivity contribution in [3.63, 3.8) is 0 Å². The molecule has 0 N–H and O–H groups in total. The topological polar surface area (TPSA) is 0 Å². The Morgan fingerprint density at radius 1 is 0.885 bits per heavy atom. The fraction of sp³-hybridized carbons (Fsp3) is 0.238. The molecule has 1 heterocycles. The lowest BCUT2D eigenvalue weighted by molar-refractivity contribution is -0.134. The van der Waals surface area contributed by atoms with Gasteiger partial charge in [-0.15, -0.1) is 11.3 Å². The number of alkyl halides is 3. The van der Waals surface area contributed by atoms with Gasteiger partial charge in [0.2, 0.25) is 0 Å². The predicted octanol–water partition coefficient (Wildman–Crippen LogP) is 7.19. The van der Waals surface area contributed by atoms with Crippen LogP contribution in [0.25, 0.3) is 21.6 Å². The first-order chi connectivity index (χ1) is 12.4. The van der Waals surface area contributed by atoms with Crippen LogP contribution in [-0.2, 0) is 12.6 Å². The van der Waals surface area contributed by atoms with Crippen molar-refractivity contribution < 1.29 is 17.6 Å². The molecule has 5 heteroatoms. The number of thiophene rings is 1. The molecule has 0 spiro atoms. The largest absolute Gasteiger partial charge is 0.425 e. The standard InChI is InChI=1S/C21H16F4S/c22-18-12-16(15-5-3-14(4-6-15)11-13-1-2-13)7-8-17(18)19-9-10-20(26-19)21(23,24)25/h3-10,12-13H,1-2,11H2. The highest BCUT2D eigenvalue weighted by Gasteiger charge is 2.32. The highest BCUT2D eigenvalue weighted by molar-refractivity contribution is 7.15. The Balaban J connectivity index is 1.58. The Bertz CT molecular complexity index is 918. The summed E-state index contributed by atoms with van der Waals surface area (Å²) in [6.07, 6.45) is -0.713. The summed E-state index contributed by atoms with van der Waals surface area (Å²) in [5.41, 5.74) is 3.10. The van der Waals surface area contributed by atoms with Gasteiger partial charge < -0.3 is 0 Å². The summed E-state index contributed by atoms with van der Waals surface area (Å²) in [6, 6.07) is 15.1. The Morgan fingerprint density at radius 3 is 2.15 bits per heavy atom.